The molecule has 33 heavy (non-hydrogen) atoms. The van der Waals surface area contributed by atoms with Gasteiger partial charge in [0.25, 0.3) is 5.91 Å². The molecule has 3 aliphatic rings. The molecular formula is C26H28N2O4S. The highest BCUT2D eigenvalue weighted by Gasteiger charge is 2.32. The van der Waals surface area contributed by atoms with Crippen LogP contribution in [-0.2, 0) is 9.47 Å². The number of nitrogens with zero attached hydrogens (tertiary/aromatic N) is 1. The number of allylic oxidation sites excluding steroid dienone is 4. The average Bonchev–Trinajstić information content (AvgIpc) is 3.54. The fourth-order valence-corrected chi connectivity index (χ4v) is 5.38. The zero-order valence-electron chi connectivity index (χ0n) is 18.4. The number of amides is 1. The minimum Gasteiger partial charge on any atom is -0.465 e. The molecule has 172 valence electrons. The van der Waals surface area contributed by atoms with E-state index in [1.165, 1.54) is 17.6 Å². The maximum atomic E-state index is 13.1. The molecule has 2 aromatic rings. The summed E-state index contributed by atoms with van der Waals surface area (Å²) in [7, 11) is 0. The Morgan fingerprint density at radius 2 is 2.06 bits per heavy atom. The highest BCUT2D eigenvalue weighted by Crippen LogP contribution is 2.29. The van der Waals surface area contributed by atoms with E-state index in [-0.39, 0.29) is 5.91 Å². The third kappa shape index (κ3) is 5.05. The zero-order valence-corrected chi connectivity index (χ0v) is 19.2. The molecule has 0 saturated carbocycles. The number of likely N-dealkylation sites (tertiary alicyclic amines) is 1. The van der Waals surface area contributed by atoms with Crippen molar-refractivity contribution in [2.45, 2.75) is 37.8 Å². The highest BCUT2D eigenvalue weighted by molar-refractivity contribution is 7.20. The number of benzene rings is 1. The standard InChI is InChI=1S/C26H28N2O4S/c29-25(22-17-31-16-21(32-22)18-8-2-1-3-9-18)20(15-28-12-6-7-13-28)27-26(30)24-14-19-10-4-5-11-23(19)33-24/h1-2,4-5,8,10-11,14,16-17,20,25,29H,3,6-7,9,12-13,15H2,(H,27,30)/t20-,25-/m1/s1. The van der Waals surface area contributed by atoms with Crippen molar-refractivity contribution in [3.05, 3.63) is 83.1 Å². The van der Waals surface area contributed by atoms with Gasteiger partial charge in [-0.25, -0.2) is 0 Å². The fraction of sp³-hybridized carbons (Fsp3) is 0.346. The van der Waals surface area contributed by atoms with Gasteiger partial charge in [0.1, 0.15) is 18.6 Å². The molecule has 7 heteroatoms. The largest absolute Gasteiger partial charge is 0.465 e. The fourth-order valence-electron chi connectivity index (χ4n) is 4.42. The van der Waals surface area contributed by atoms with Crippen LogP contribution >= 0.6 is 11.3 Å². The second-order valence-corrected chi connectivity index (χ2v) is 9.66. The minimum absolute atomic E-state index is 0.187. The number of nitrogens with one attached hydrogen (secondary N) is 1. The molecule has 2 N–H and O–H groups in total. The smallest absolute Gasteiger partial charge is 0.261 e. The number of ether oxygens (including phenoxy) is 2. The monoisotopic (exact) mass is 464 g/mol. The van der Waals surface area contributed by atoms with Crippen LogP contribution in [0.2, 0.25) is 0 Å². The minimum atomic E-state index is -1.03. The van der Waals surface area contributed by atoms with Gasteiger partial charge in [0, 0.05) is 11.2 Å². The Morgan fingerprint density at radius 3 is 2.85 bits per heavy atom. The molecule has 1 fully saturated rings. The number of carbonyl (C=O) groups is 1. The van der Waals surface area contributed by atoms with E-state index in [2.05, 4.69) is 16.3 Å². The molecule has 6 nitrogen and oxygen atoms in total. The lowest BCUT2D eigenvalue weighted by Crippen LogP contribution is -2.50. The van der Waals surface area contributed by atoms with Crippen molar-refractivity contribution in [1.29, 1.82) is 0 Å². The first-order chi connectivity index (χ1) is 16.2. The average molecular weight is 465 g/mol. The van der Waals surface area contributed by atoms with Gasteiger partial charge in [-0.05, 0) is 61.9 Å². The van der Waals surface area contributed by atoms with Crippen LogP contribution in [0, 0.1) is 0 Å². The molecule has 0 spiro atoms. The molecule has 1 aliphatic carbocycles. The molecule has 0 radical (unpaired) electrons. The summed E-state index contributed by atoms with van der Waals surface area (Å²) in [5, 5.41) is 15.4. The van der Waals surface area contributed by atoms with E-state index in [4.69, 9.17) is 9.47 Å². The number of fused-ring (bicyclic) bond motifs is 1. The van der Waals surface area contributed by atoms with Crippen LogP contribution in [0.3, 0.4) is 0 Å². The summed E-state index contributed by atoms with van der Waals surface area (Å²) in [6.45, 7) is 2.47. The Hall–Kier alpha value is -2.87. The van der Waals surface area contributed by atoms with Crippen LogP contribution < -0.4 is 5.32 Å². The number of hydrogen-bond donors (Lipinski definition) is 2. The van der Waals surface area contributed by atoms with Gasteiger partial charge in [-0.15, -0.1) is 11.3 Å². The second kappa shape index (κ2) is 9.95. The number of hydrogen-bond acceptors (Lipinski definition) is 6. The van der Waals surface area contributed by atoms with E-state index in [1.54, 1.807) is 6.26 Å². The van der Waals surface area contributed by atoms with Gasteiger partial charge < -0.3 is 24.8 Å². The van der Waals surface area contributed by atoms with Crippen LogP contribution in [0.25, 0.3) is 10.1 Å². The molecule has 2 aliphatic heterocycles. The first-order valence-electron chi connectivity index (χ1n) is 11.5. The number of carbonyl (C=O) groups excluding carboxylic acids is 1. The predicted molar refractivity (Wildman–Crippen MR) is 130 cm³/mol. The lowest BCUT2D eigenvalue weighted by Gasteiger charge is -2.30. The lowest BCUT2D eigenvalue weighted by atomic mass is 10.0. The van der Waals surface area contributed by atoms with Gasteiger partial charge in [0.05, 0.1) is 10.9 Å². The van der Waals surface area contributed by atoms with Gasteiger partial charge in [-0.3, -0.25) is 4.79 Å². The van der Waals surface area contributed by atoms with Gasteiger partial charge in [-0.2, -0.15) is 0 Å². The van der Waals surface area contributed by atoms with Crippen molar-refractivity contribution in [2.24, 2.45) is 0 Å². The summed E-state index contributed by atoms with van der Waals surface area (Å²) < 4.78 is 12.6. The van der Waals surface area contributed by atoms with Crippen molar-refractivity contribution < 1.29 is 19.4 Å². The summed E-state index contributed by atoms with van der Waals surface area (Å²) >= 11 is 1.46. The third-order valence-corrected chi connectivity index (χ3v) is 7.32. The van der Waals surface area contributed by atoms with Gasteiger partial charge in [0.15, 0.2) is 11.5 Å². The SMILES string of the molecule is O=C(N[C@H](CN1CCCC1)[C@@H](O)C1=COC=C(C2=CC=CCC2)O1)c1cc2ccccc2s1. The number of thiophene rings is 1. The molecule has 1 saturated heterocycles. The molecule has 0 unspecified atom stereocenters. The highest BCUT2D eigenvalue weighted by atomic mass is 32.1. The molecular weight excluding hydrogens is 436 g/mol. The summed E-state index contributed by atoms with van der Waals surface area (Å²) in [5.41, 5.74) is 1.03. The van der Waals surface area contributed by atoms with Crippen molar-refractivity contribution in [3.8, 4) is 0 Å². The van der Waals surface area contributed by atoms with Crippen LogP contribution in [0.5, 0.6) is 0 Å². The van der Waals surface area contributed by atoms with Crippen molar-refractivity contribution in [3.63, 3.8) is 0 Å². The topological polar surface area (TPSA) is 71.0 Å². The lowest BCUT2D eigenvalue weighted by molar-refractivity contribution is 0.0632. The van der Waals surface area contributed by atoms with Crippen LogP contribution in [-0.4, -0.2) is 47.7 Å². The van der Waals surface area contributed by atoms with Crippen LogP contribution in [0.4, 0.5) is 0 Å². The van der Waals surface area contributed by atoms with E-state index < -0.39 is 12.1 Å². The van der Waals surface area contributed by atoms with E-state index >= 15 is 0 Å². The molecule has 5 rings (SSSR count). The normalized spacial score (nSPS) is 20.3. The van der Waals surface area contributed by atoms with E-state index in [0.29, 0.717) is 22.9 Å². The van der Waals surface area contributed by atoms with Crippen LogP contribution in [0.1, 0.15) is 35.4 Å². The van der Waals surface area contributed by atoms with Gasteiger partial charge in [0.2, 0.25) is 0 Å². The molecule has 1 aromatic heterocycles. The van der Waals surface area contributed by atoms with E-state index in [1.807, 2.05) is 42.5 Å². The number of rotatable bonds is 7. The molecule has 0 bridgehead atoms. The molecule has 2 atom stereocenters. The Kier molecular flexibility index (Phi) is 6.62. The summed E-state index contributed by atoms with van der Waals surface area (Å²) in [6.07, 6.45) is 12.1. The maximum absolute atomic E-state index is 13.1. The van der Waals surface area contributed by atoms with Crippen molar-refractivity contribution in [1.82, 2.24) is 10.2 Å². The predicted octanol–water partition coefficient (Wildman–Crippen LogP) is 4.46. The van der Waals surface area contributed by atoms with Crippen molar-refractivity contribution in [2.75, 3.05) is 19.6 Å². The summed E-state index contributed by atoms with van der Waals surface area (Å²) in [5.74, 6) is 0.725. The Bertz CT molecular complexity index is 1110. The first kappa shape index (κ1) is 21.9. The Labute approximate surface area is 197 Å². The molecule has 3 heterocycles. The Balaban J connectivity index is 1.33. The van der Waals surface area contributed by atoms with E-state index in [0.717, 1.165) is 54.4 Å². The first-order valence-corrected chi connectivity index (χ1v) is 12.3. The van der Waals surface area contributed by atoms with Gasteiger partial charge >= 0.3 is 0 Å². The van der Waals surface area contributed by atoms with E-state index in [9.17, 15) is 9.90 Å². The summed E-state index contributed by atoms with van der Waals surface area (Å²) in [4.78, 5) is 16.0. The maximum Gasteiger partial charge on any atom is 0.261 e. The van der Waals surface area contributed by atoms with Crippen LogP contribution in [0.15, 0.2) is 78.2 Å². The quantitative estimate of drug-likeness (QED) is 0.633. The number of aliphatic hydroxyl groups is 1. The molecule has 1 aromatic carbocycles. The number of aliphatic hydroxyl groups excluding tert-OH is 1. The van der Waals surface area contributed by atoms with Crippen molar-refractivity contribution >= 4 is 27.3 Å². The zero-order chi connectivity index (χ0) is 22.6. The third-order valence-electron chi connectivity index (χ3n) is 6.21. The summed E-state index contributed by atoms with van der Waals surface area (Å²) in [6, 6.07) is 9.31. The molecule has 1 amide bonds. The second-order valence-electron chi connectivity index (χ2n) is 8.58. The van der Waals surface area contributed by atoms with Gasteiger partial charge in [-0.1, -0.05) is 36.4 Å². The Morgan fingerprint density at radius 1 is 1.21 bits per heavy atom.